The van der Waals surface area contributed by atoms with E-state index in [9.17, 15) is 4.39 Å². The van der Waals surface area contributed by atoms with E-state index >= 15 is 0 Å². The lowest BCUT2D eigenvalue weighted by Gasteiger charge is -2.19. The molecule has 0 unspecified atom stereocenters. The van der Waals surface area contributed by atoms with Crippen molar-refractivity contribution in [2.75, 3.05) is 13.2 Å². The van der Waals surface area contributed by atoms with Crippen molar-refractivity contribution >= 4 is 6.08 Å². The highest BCUT2D eigenvalue weighted by molar-refractivity contribution is 5.70. The SMILES string of the molecule is C=Cc1cc(F)cc(-c2ccc3c(c2)OCCO3)c1. The molecule has 2 aromatic carbocycles. The van der Waals surface area contributed by atoms with Gasteiger partial charge in [0.05, 0.1) is 0 Å². The van der Waals surface area contributed by atoms with Gasteiger partial charge in [-0.2, -0.15) is 0 Å². The Kier molecular flexibility index (Phi) is 2.95. The second-order valence-corrected chi connectivity index (χ2v) is 4.34. The molecule has 0 aliphatic carbocycles. The minimum absolute atomic E-state index is 0.276. The Balaban J connectivity index is 2.06. The lowest BCUT2D eigenvalue weighted by Crippen LogP contribution is -2.15. The Hall–Kier alpha value is -2.29. The van der Waals surface area contributed by atoms with Gasteiger partial charge in [0.15, 0.2) is 11.5 Å². The number of fused-ring (bicyclic) bond motifs is 1. The second-order valence-electron chi connectivity index (χ2n) is 4.34. The zero-order valence-corrected chi connectivity index (χ0v) is 10.4. The first-order valence-corrected chi connectivity index (χ1v) is 6.09. The van der Waals surface area contributed by atoms with Crippen LogP contribution in [-0.2, 0) is 0 Å². The topological polar surface area (TPSA) is 18.5 Å². The average Bonchev–Trinajstić information content (AvgIpc) is 2.46. The summed E-state index contributed by atoms with van der Waals surface area (Å²) in [7, 11) is 0. The lowest BCUT2D eigenvalue weighted by molar-refractivity contribution is 0.171. The van der Waals surface area contributed by atoms with E-state index in [2.05, 4.69) is 6.58 Å². The monoisotopic (exact) mass is 256 g/mol. The highest BCUT2D eigenvalue weighted by Crippen LogP contribution is 2.35. The van der Waals surface area contributed by atoms with E-state index in [1.807, 2.05) is 24.3 Å². The van der Waals surface area contributed by atoms with Gasteiger partial charge in [0.25, 0.3) is 0 Å². The molecule has 1 aliphatic rings. The van der Waals surface area contributed by atoms with Crippen LogP contribution < -0.4 is 9.47 Å². The number of hydrogen-bond donors (Lipinski definition) is 0. The van der Waals surface area contributed by atoms with E-state index < -0.39 is 0 Å². The fourth-order valence-corrected chi connectivity index (χ4v) is 2.12. The molecule has 0 aromatic heterocycles. The van der Waals surface area contributed by atoms with Gasteiger partial charge in [-0.1, -0.05) is 18.7 Å². The number of ether oxygens (including phenoxy) is 2. The lowest BCUT2D eigenvalue weighted by atomic mass is 10.0. The summed E-state index contributed by atoms with van der Waals surface area (Å²) < 4.78 is 24.5. The molecular weight excluding hydrogens is 243 g/mol. The van der Waals surface area contributed by atoms with Gasteiger partial charge in [-0.25, -0.2) is 4.39 Å². The maximum Gasteiger partial charge on any atom is 0.161 e. The Morgan fingerprint density at radius 3 is 2.53 bits per heavy atom. The molecule has 0 atom stereocenters. The molecule has 0 saturated heterocycles. The predicted octanol–water partition coefficient (Wildman–Crippen LogP) is 3.91. The largest absolute Gasteiger partial charge is 0.486 e. The van der Waals surface area contributed by atoms with E-state index in [-0.39, 0.29) is 5.82 Å². The van der Waals surface area contributed by atoms with Crippen LogP contribution in [0, 0.1) is 5.82 Å². The van der Waals surface area contributed by atoms with Crippen LogP contribution in [0.25, 0.3) is 17.2 Å². The Labute approximate surface area is 111 Å². The molecule has 0 spiro atoms. The molecule has 0 N–H and O–H groups in total. The predicted molar refractivity (Wildman–Crippen MR) is 72.9 cm³/mol. The van der Waals surface area contributed by atoms with Gasteiger partial charge in [-0.15, -0.1) is 0 Å². The van der Waals surface area contributed by atoms with Crippen molar-refractivity contribution in [3.8, 4) is 22.6 Å². The summed E-state index contributed by atoms with van der Waals surface area (Å²) in [4.78, 5) is 0. The van der Waals surface area contributed by atoms with Crippen LogP contribution in [0.1, 0.15) is 5.56 Å². The van der Waals surface area contributed by atoms with Crippen molar-refractivity contribution in [2.45, 2.75) is 0 Å². The smallest absolute Gasteiger partial charge is 0.161 e. The summed E-state index contributed by atoms with van der Waals surface area (Å²) in [5, 5.41) is 0. The molecule has 96 valence electrons. The van der Waals surface area contributed by atoms with Gasteiger partial charge in [-0.3, -0.25) is 0 Å². The maximum absolute atomic E-state index is 13.5. The minimum Gasteiger partial charge on any atom is -0.486 e. The molecule has 0 bridgehead atoms. The Morgan fingerprint density at radius 1 is 0.947 bits per heavy atom. The molecule has 3 heteroatoms. The van der Waals surface area contributed by atoms with Crippen LogP contribution in [0.5, 0.6) is 11.5 Å². The number of halogens is 1. The Bertz CT molecular complexity index is 635. The quantitative estimate of drug-likeness (QED) is 0.811. The molecule has 1 aliphatic heterocycles. The zero-order valence-electron chi connectivity index (χ0n) is 10.4. The van der Waals surface area contributed by atoms with Crippen LogP contribution in [0.2, 0.25) is 0 Å². The van der Waals surface area contributed by atoms with Gasteiger partial charge in [0.1, 0.15) is 19.0 Å². The van der Waals surface area contributed by atoms with Gasteiger partial charge in [-0.05, 0) is 47.0 Å². The van der Waals surface area contributed by atoms with Crippen molar-refractivity contribution in [1.82, 2.24) is 0 Å². The van der Waals surface area contributed by atoms with E-state index in [1.165, 1.54) is 12.1 Å². The van der Waals surface area contributed by atoms with Crippen LogP contribution in [0.3, 0.4) is 0 Å². The molecule has 0 amide bonds. The van der Waals surface area contributed by atoms with Crippen LogP contribution in [-0.4, -0.2) is 13.2 Å². The normalized spacial score (nSPS) is 13.1. The van der Waals surface area contributed by atoms with Gasteiger partial charge in [0, 0.05) is 0 Å². The first kappa shape index (κ1) is 11.8. The summed E-state index contributed by atoms with van der Waals surface area (Å²) >= 11 is 0. The number of rotatable bonds is 2. The van der Waals surface area contributed by atoms with Crippen LogP contribution in [0.4, 0.5) is 4.39 Å². The number of benzene rings is 2. The summed E-state index contributed by atoms with van der Waals surface area (Å²) in [6.45, 7) is 4.77. The minimum atomic E-state index is -0.276. The Morgan fingerprint density at radius 2 is 1.74 bits per heavy atom. The third-order valence-electron chi connectivity index (χ3n) is 3.03. The molecule has 3 rings (SSSR count). The van der Waals surface area contributed by atoms with Crippen molar-refractivity contribution in [1.29, 1.82) is 0 Å². The summed E-state index contributed by atoms with van der Waals surface area (Å²) in [5.74, 6) is 1.16. The summed E-state index contributed by atoms with van der Waals surface area (Å²) in [6, 6.07) is 10.5. The molecule has 0 fully saturated rings. The van der Waals surface area contributed by atoms with Gasteiger partial charge in [0.2, 0.25) is 0 Å². The summed E-state index contributed by atoms with van der Waals surface area (Å²) in [5.41, 5.74) is 2.45. The van der Waals surface area contributed by atoms with Crippen LogP contribution in [0.15, 0.2) is 43.0 Å². The molecular formula is C16H13FO2. The molecule has 19 heavy (non-hydrogen) atoms. The van der Waals surface area contributed by atoms with Crippen molar-refractivity contribution in [2.24, 2.45) is 0 Å². The van der Waals surface area contributed by atoms with Crippen molar-refractivity contribution in [3.05, 3.63) is 54.4 Å². The van der Waals surface area contributed by atoms with Gasteiger partial charge >= 0.3 is 0 Å². The standard InChI is InChI=1S/C16H13FO2/c1-2-11-7-13(9-14(17)8-11)12-3-4-15-16(10-12)19-6-5-18-15/h2-4,7-10H,1,5-6H2. The molecule has 2 nitrogen and oxygen atoms in total. The third kappa shape index (κ3) is 2.32. The van der Waals surface area contributed by atoms with E-state index in [1.54, 1.807) is 6.08 Å². The molecule has 0 saturated carbocycles. The van der Waals surface area contributed by atoms with Crippen molar-refractivity contribution in [3.63, 3.8) is 0 Å². The highest BCUT2D eigenvalue weighted by atomic mass is 19.1. The average molecular weight is 256 g/mol. The first-order chi connectivity index (χ1) is 9.26. The molecule has 1 heterocycles. The second kappa shape index (κ2) is 4.76. The highest BCUT2D eigenvalue weighted by Gasteiger charge is 2.12. The maximum atomic E-state index is 13.5. The van der Waals surface area contributed by atoms with Gasteiger partial charge < -0.3 is 9.47 Å². The van der Waals surface area contributed by atoms with Crippen molar-refractivity contribution < 1.29 is 13.9 Å². The zero-order chi connectivity index (χ0) is 13.2. The fraction of sp³-hybridized carbons (Fsp3) is 0.125. The van der Waals surface area contributed by atoms with E-state index in [4.69, 9.17) is 9.47 Å². The fourth-order valence-electron chi connectivity index (χ4n) is 2.12. The molecule has 0 radical (unpaired) electrons. The van der Waals surface area contributed by atoms with Crippen LogP contribution >= 0.6 is 0 Å². The summed E-state index contributed by atoms with van der Waals surface area (Å²) in [6.07, 6.45) is 1.63. The van der Waals surface area contributed by atoms with E-state index in [0.717, 1.165) is 22.4 Å². The van der Waals surface area contributed by atoms with E-state index in [0.29, 0.717) is 19.0 Å². The molecule has 2 aromatic rings. The number of hydrogen-bond acceptors (Lipinski definition) is 2. The first-order valence-electron chi connectivity index (χ1n) is 6.09. The third-order valence-corrected chi connectivity index (χ3v) is 3.03.